The first-order valence-corrected chi connectivity index (χ1v) is 12.0. The van der Waals surface area contributed by atoms with E-state index in [1.807, 2.05) is 13.0 Å². The van der Waals surface area contributed by atoms with Crippen LogP contribution >= 0.6 is 0 Å². The molecular formula is C29H27N3O2. The van der Waals surface area contributed by atoms with E-state index in [2.05, 4.69) is 58.8 Å². The lowest BCUT2D eigenvalue weighted by Gasteiger charge is -2.45. The van der Waals surface area contributed by atoms with E-state index in [0.29, 0.717) is 47.6 Å². The summed E-state index contributed by atoms with van der Waals surface area (Å²) in [5, 5.41) is 3.20. The van der Waals surface area contributed by atoms with Crippen LogP contribution in [0.1, 0.15) is 63.5 Å². The predicted octanol–water partition coefficient (Wildman–Crippen LogP) is 4.75. The Morgan fingerprint density at radius 2 is 1.65 bits per heavy atom. The smallest absolute Gasteiger partial charge is 0.272 e. The number of carbonyl (C=O) groups excluding carboxylic acids is 1. The Bertz CT molecular complexity index is 1460. The zero-order chi connectivity index (χ0) is 23.4. The lowest BCUT2D eigenvalue weighted by Crippen LogP contribution is -2.39. The second kappa shape index (κ2) is 7.94. The summed E-state index contributed by atoms with van der Waals surface area (Å²) in [4.78, 5) is 29.9. The average molecular weight is 450 g/mol. The van der Waals surface area contributed by atoms with Crippen molar-refractivity contribution in [1.29, 1.82) is 0 Å². The number of nitrogens with one attached hydrogen (secondary N) is 1. The number of benzene rings is 3. The van der Waals surface area contributed by atoms with Crippen LogP contribution in [0.4, 0.5) is 0 Å². The van der Waals surface area contributed by atoms with Crippen LogP contribution in [-0.4, -0.2) is 22.0 Å². The van der Waals surface area contributed by atoms with Gasteiger partial charge in [0.25, 0.3) is 11.5 Å². The zero-order valence-corrected chi connectivity index (χ0v) is 19.4. The van der Waals surface area contributed by atoms with Gasteiger partial charge in [-0.1, -0.05) is 48.5 Å². The van der Waals surface area contributed by atoms with Gasteiger partial charge in [0.05, 0.1) is 11.0 Å². The van der Waals surface area contributed by atoms with Gasteiger partial charge >= 0.3 is 0 Å². The Balaban J connectivity index is 1.27. The van der Waals surface area contributed by atoms with Crippen molar-refractivity contribution in [3.63, 3.8) is 0 Å². The van der Waals surface area contributed by atoms with Gasteiger partial charge in [-0.15, -0.1) is 0 Å². The third-order valence-electron chi connectivity index (χ3n) is 7.64. The third kappa shape index (κ3) is 3.11. The topological polar surface area (TPSA) is 64.0 Å². The van der Waals surface area contributed by atoms with Gasteiger partial charge in [-0.05, 0) is 66.6 Å². The molecule has 1 unspecified atom stereocenters. The molecule has 0 aliphatic heterocycles. The van der Waals surface area contributed by atoms with Crippen LogP contribution in [0.3, 0.4) is 0 Å². The first kappa shape index (κ1) is 20.8. The number of rotatable bonds is 4. The average Bonchev–Trinajstić information content (AvgIpc) is 2.88. The number of amides is 1. The number of fused-ring (bicyclic) bond motifs is 2. The van der Waals surface area contributed by atoms with E-state index in [1.54, 1.807) is 23.6 Å². The highest BCUT2D eigenvalue weighted by Crippen LogP contribution is 2.55. The molecule has 0 saturated carbocycles. The molecule has 3 aromatic carbocycles. The molecule has 3 aliphatic carbocycles. The molecule has 0 radical (unpaired) electrons. The molecule has 1 atom stereocenters. The monoisotopic (exact) mass is 449 g/mol. The number of hydrogen-bond acceptors (Lipinski definition) is 3. The summed E-state index contributed by atoms with van der Waals surface area (Å²) < 4.78 is 1.70. The van der Waals surface area contributed by atoms with E-state index in [-0.39, 0.29) is 11.5 Å². The second-order valence-corrected chi connectivity index (χ2v) is 9.44. The Labute approximate surface area is 198 Å². The van der Waals surface area contributed by atoms with Crippen LogP contribution in [0.5, 0.6) is 0 Å². The Morgan fingerprint density at radius 1 is 1.00 bits per heavy atom. The van der Waals surface area contributed by atoms with Crippen molar-refractivity contribution >= 4 is 16.9 Å². The molecule has 7 rings (SSSR count). The van der Waals surface area contributed by atoms with Crippen molar-refractivity contribution in [3.8, 4) is 0 Å². The normalized spacial score (nSPS) is 20.1. The van der Waals surface area contributed by atoms with Gasteiger partial charge in [0.1, 0.15) is 5.69 Å². The van der Waals surface area contributed by atoms with Crippen LogP contribution in [-0.2, 0) is 6.54 Å². The summed E-state index contributed by atoms with van der Waals surface area (Å²) >= 11 is 0. The molecule has 0 spiro atoms. The highest BCUT2D eigenvalue weighted by molar-refractivity contribution is 5.97. The minimum atomic E-state index is -0.0985. The van der Waals surface area contributed by atoms with Crippen molar-refractivity contribution in [1.82, 2.24) is 14.9 Å². The maximum atomic E-state index is 13.1. The lowest BCUT2D eigenvalue weighted by atomic mass is 9.59. The van der Waals surface area contributed by atoms with Crippen molar-refractivity contribution in [2.45, 2.75) is 38.6 Å². The van der Waals surface area contributed by atoms with Crippen LogP contribution in [0, 0.1) is 12.8 Å². The highest BCUT2D eigenvalue weighted by Gasteiger charge is 2.42. The SMILES string of the molecule is CCn1c(=O)c(C)nc2cc(C(=O)NCC3CC4c5ccccc5C3c3ccccc34)ccc21. The number of nitrogens with zero attached hydrogens (tertiary/aromatic N) is 2. The minimum absolute atomic E-state index is 0.0832. The molecule has 1 amide bonds. The molecular weight excluding hydrogens is 422 g/mol. The van der Waals surface area contributed by atoms with Crippen LogP contribution in [0.2, 0.25) is 0 Å². The fourth-order valence-electron chi connectivity index (χ4n) is 6.12. The molecule has 34 heavy (non-hydrogen) atoms. The number of aromatic nitrogens is 2. The summed E-state index contributed by atoms with van der Waals surface area (Å²) in [6.45, 7) is 4.85. The molecule has 5 heteroatoms. The first-order chi connectivity index (χ1) is 16.6. The number of carbonyl (C=O) groups is 1. The highest BCUT2D eigenvalue weighted by atomic mass is 16.1. The van der Waals surface area contributed by atoms with Crippen LogP contribution in [0.15, 0.2) is 71.5 Å². The summed E-state index contributed by atoms with van der Waals surface area (Å²) in [6.07, 6.45) is 1.04. The fraction of sp³-hybridized carbons (Fsp3) is 0.276. The molecule has 0 fully saturated rings. The maximum Gasteiger partial charge on any atom is 0.272 e. The van der Waals surface area contributed by atoms with Gasteiger partial charge in [0.2, 0.25) is 0 Å². The maximum absolute atomic E-state index is 13.1. The van der Waals surface area contributed by atoms with E-state index in [9.17, 15) is 9.59 Å². The Morgan fingerprint density at radius 3 is 2.29 bits per heavy atom. The number of aryl methyl sites for hydroxylation is 2. The molecule has 1 heterocycles. The molecule has 0 saturated heterocycles. The summed E-state index contributed by atoms with van der Waals surface area (Å²) in [5.41, 5.74) is 8.04. The van der Waals surface area contributed by atoms with Crippen molar-refractivity contribution in [2.24, 2.45) is 5.92 Å². The summed E-state index contributed by atoms with van der Waals surface area (Å²) in [7, 11) is 0. The third-order valence-corrected chi connectivity index (χ3v) is 7.64. The molecule has 170 valence electrons. The minimum Gasteiger partial charge on any atom is -0.352 e. The van der Waals surface area contributed by atoms with Gasteiger partial charge < -0.3 is 9.88 Å². The van der Waals surface area contributed by atoms with Gasteiger partial charge in [-0.25, -0.2) is 4.98 Å². The Kier molecular flexibility index (Phi) is 4.87. The predicted molar refractivity (Wildman–Crippen MR) is 133 cm³/mol. The molecule has 2 bridgehead atoms. The molecule has 4 aromatic rings. The van der Waals surface area contributed by atoms with Gasteiger partial charge in [0.15, 0.2) is 0 Å². The van der Waals surface area contributed by atoms with E-state index >= 15 is 0 Å². The standard InChI is InChI=1S/C29H27N3O2/c1-3-32-26-13-12-18(15-25(26)31-17(2)29(32)34)28(33)30-16-19-14-24-20-8-4-6-10-22(20)27(19)23-11-7-5-9-21(23)24/h4-13,15,19,24,27H,3,14,16H2,1-2H3,(H,30,33). The van der Waals surface area contributed by atoms with E-state index in [4.69, 9.17) is 0 Å². The molecule has 1 N–H and O–H groups in total. The van der Waals surface area contributed by atoms with Crippen LogP contribution in [0.25, 0.3) is 11.0 Å². The molecule has 5 nitrogen and oxygen atoms in total. The van der Waals surface area contributed by atoms with Crippen molar-refractivity contribution in [2.75, 3.05) is 6.54 Å². The zero-order valence-electron chi connectivity index (χ0n) is 19.4. The second-order valence-electron chi connectivity index (χ2n) is 9.44. The molecule has 1 aromatic heterocycles. The van der Waals surface area contributed by atoms with E-state index in [1.165, 1.54) is 22.3 Å². The van der Waals surface area contributed by atoms with Gasteiger partial charge in [-0.2, -0.15) is 0 Å². The largest absolute Gasteiger partial charge is 0.352 e. The van der Waals surface area contributed by atoms with E-state index in [0.717, 1.165) is 11.9 Å². The lowest BCUT2D eigenvalue weighted by molar-refractivity contribution is 0.0943. The fourth-order valence-corrected chi connectivity index (χ4v) is 6.12. The quantitative estimate of drug-likeness (QED) is 0.489. The number of hydrogen-bond donors (Lipinski definition) is 1. The molecule has 3 aliphatic rings. The summed E-state index contributed by atoms with van der Waals surface area (Å²) in [6, 6.07) is 22.9. The van der Waals surface area contributed by atoms with Crippen molar-refractivity contribution in [3.05, 3.63) is 111 Å². The van der Waals surface area contributed by atoms with Crippen LogP contribution < -0.4 is 10.9 Å². The van der Waals surface area contributed by atoms with Gasteiger partial charge in [0, 0.05) is 30.5 Å². The Hall–Kier alpha value is -3.73. The van der Waals surface area contributed by atoms with Gasteiger partial charge in [-0.3, -0.25) is 9.59 Å². The first-order valence-electron chi connectivity index (χ1n) is 12.0. The summed E-state index contributed by atoms with van der Waals surface area (Å²) in [5.74, 6) is 0.944. The van der Waals surface area contributed by atoms with Crippen molar-refractivity contribution < 1.29 is 4.79 Å². The van der Waals surface area contributed by atoms with E-state index < -0.39 is 0 Å².